The predicted molar refractivity (Wildman–Crippen MR) is 162 cm³/mol. The van der Waals surface area contributed by atoms with Crippen molar-refractivity contribution in [1.82, 2.24) is 5.32 Å². The second-order valence-electron chi connectivity index (χ2n) is 13.5. The monoisotopic (exact) mass is 564 g/mol. The lowest BCUT2D eigenvalue weighted by Crippen LogP contribution is -2.46. The summed E-state index contributed by atoms with van der Waals surface area (Å²) in [6.45, 7) is 27.0. The number of aliphatic carboxylic acids is 1. The molecule has 1 atom stereocenters. The van der Waals surface area contributed by atoms with Crippen molar-refractivity contribution >= 4 is 52.9 Å². The maximum absolute atomic E-state index is 12.8. The smallest absolute Gasteiger partial charge is 0.305 e. The molecule has 6 nitrogen and oxygen atoms in total. The van der Waals surface area contributed by atoms with Gasteiger partial charge in [-0.15, -0.1) is 35.3 Å². The van der Waals surface area contributed by atoms with Crippen LogP contribution < -0.4 is 5.32 Å². The third-order valence-corrected chi connectivity index (χ3v) is 9.01. The van der Waals surface area contributed by atoms with Crippen molar-refractivity contribution < 1.29 is 19.5 Å². The van der Waals surface area contributed by atoms with E-state index in [9.17, 15) is 14.7 Å². The van der Waals surface area contributed by atoms with Gasteiger partial charge >= 0.3 is 5.97 Å². The van der Waals surface area contributed by atoms with Gasteiger partial charge in [-0.05, 0) is 54.4 Å². The standard InChI is InChI=1S/C27H52N2O4S3/c1-23(2,3)28-22(32)20(16-21(30)31)36-27(12,13)15-14-26(10,11)35-18-19(17-34-25(7,8)9)29-33-24(4,5)6/h20H,14-18H2,1-13H3,(H,28,32)(H,30,31)/b29-19+. The zero-order valence-corrected chi connectivity index (χ0v) is 27.4. The van der Waals surface area contributed by atoms with E-state index in [0.717, 1.165) is 30.1 Å². The molecule has 36 heavy (non-hydrogen) atoms. The fourth-order valence-electron chi connectivity index (χ4n) is 2.79. The highest BCUT2D eigenvalue weighted by Crippen LogP contribution is 2.39. The molecule has 1 unspecified atom stereocenters. The van der Waals surface area contributed by atoms with Crippen LogP contribution in [0.4, 0.5) is 0 Å². The minimum atomic E-state index is -0.958. The summed E-state index contributed by atoms with van der Waals surface area (Å²) >= 11 is 5.19. The summed E-state index contributed by atoms with van der Waals surface area (Å²) in [5, 5.41) is 16.2. The van der Waals surface area contributed by atoms with Gasteiger partial charge < -0.3 is 15.3 Å². The van der Waals surface area contributed by atoms with E-state index in [1.165, 1.54) is 11.8 Å². The quantitative estimate of drug-likeness (QED) is 0.170. The largest absolute Gasteiger partial charge is 0.481 e. The first kappa shape index (κ1) is 35.5. The number of carbonyl (C=O) groups excluding carboxylic acids is 1. The van der Waals surface area contributed by atoms with Crippen molar-refractivity contribution in [1.29, 1.82) is 0 Å². The Balaban J connectivity index is 5.21. The average molecular weight is 565 g/mol. The van der Waals surface area contributed by atoms with Crippen LogP contribution in [0, 0.1) is 0 Å². The third kappa shape index (κ3) is 19.6. The Labute approximate surface area is 233 Å². The molecule has 0 bridgehead atoms. The van der Waals surface area contributed by atoms with Gasteiger partial charge in [0.2, 0.25) is 5.91 Å². The van der Waals surface area contributed by atoms with Gasteiger partial charge in [-0.2, -0.15) is 0 Å². The fraction of sp³-hybridized carbons (Fsp3) is 0.889. The molecule has 0 aliphatic carbocycles. The zero-order chi connectivity index (χ0) is 28.6. The molecule has 2 N–H and O–H groups in total. The SMILES string of the molecule is CC(C)(C)NC(=O)C(CC(=O)O)SC(C)(C)CCC(C)(C)SC/C(CSC(C)(C)C)=N/OC(C)(C)C. The molecule has 0 spiro atoms. The van der Waals surface area contributed by atoms with E-state index in [1.54, 1.807) is 0 Å². The van der Waals surface area contributed by atoms with Crippen LogP contribution in [-0.4, -0.2) is 64.8 Å². The Kier molecular flexibility index (Phi) is 13.8. The van der Waals surface area contributed by atoms with Crippen LogP contribution in [0.15, 0.2) is 5.16 Å². The molecule has 0 aromatic heterocycles. The van der Waals surface area contributed by atoms with Gasteiger partial charge in [0.25, 0.3) is 0 Å². The van der Waals surface area contributed by atoms with Crippen LogP contribution in [0.3, 0.4) is 0 Å². The van der Waals surface area contributed by atoms with Crippen molar-refractivity contribution in [2.24, 2.45) is 5.16 Å². The maximum Gasteiger partial charge on any atom is 0.305 e. The molecule has 0 fully saturated rings. The lowest BCUT2D eigenvalue weighted by atomic mass is 9.99. The number of amides is 1. The molecule has 0 saturated heterocycles. The van der Waals surface area contributed by atoms with Gasteiger partial charge in [0.05, 0.1) is 17.4 Å². The average Bonchev–Trinajstić information content (AvgIpc) is 2.62. The van der Waals surface area contributed by atoms with Crippen molar-refractivity contribution in [3.05, 3.63) is 0 Å². The number of hydrogen-bond acceptors (Lipinski definition) is 7. The van der Waals surface area contributed by atoms with Crippen LogP contribution in [0.5, 0.6) is 0 Å². The molecular formula is C27H52N2O4S3. The van der Waals surface area contributed by atoms with E-state index in [2.05, 4.69) is 58.9 Å². The normalized spacial score (nSPS) is 15.0. The van der Waals surface area contributed by atoms with E-state index in [4.69, 9.17) is 4.84 Å². The second kappa shape index (κ2) is 14.0. The van der Waals surface area contributed by atoms with E-state index in [1.807, 2.05) is 65.1 Å². The molecule has 0 rings (SSSR count). The highest BCUT2D eigenvalue weighted by Gasteiger charge is 2.33. The molecule has 9 heteroatoms. The number of carbonyl (C=O) groups is 2. The van der Waals surface area contributed by atoms with Gasteiger partial charge in [-0.1, -0.05) is 53.6 Å². The lowest BCUT2D eigenvalue weighted by Gasteiger charge is -2.33. The van der Waals surface area contributed by atoms with Gasteiger partial charge in [-0.3, -0.25) is 9.59 Å². The molecule has 0 heterocycles. The Morgan fingerprint density at radius 2 is 1.33 bits per heavy atom. The predicted octanol–water partition coefficient (Wildman–Crippen LogP) is 7.25. The second-order valence-corrected chi connectivity index (χ2v) is 18.9. The van der Waals surface area contributed by atoms with Crippen molar-refractivity contribution in [3.8, 4) is 0 Å². The molecular weight excluding hydrogens is 513 g/mol. The third-order valence-electron chi connectivity index (χ3n) is 4.69. The van der Waals surface area contributed by atoms with Gasteiger partial charge in [0, 0.05) is 31.3 Å². The number of thioether (sulfide) groups is 3. The first-order chi connectivity index (χ1) is 15.9. The van der Waals surface area contributed by atoms with Gasteiger partial charge in [0.1, 0.15) is 5.60 Å². The first-order valence-electron chi connectivity index (χ1n) is 12.6. The topological polar surface area (TPSA) is 88.0 Å². The summed E-state index contributed by atoms with van der Waals surface area (Å²) in [6, 6.07) is 0. The highest BCUT2D eigenvalue weighted by atomic mass is 32.2. The summed E-state index contributed by atoms with van der Waals surface area (Å²) in [5.41, 5.74) is 0.306. The highest BCUT2D eigenvalue weighted by molar-refractivity contribution is 8.03. The summed E-state index contributed by atoms with van der Waals surface area (Å²) in [5.74, 6) is 0.437. The Hall–Kier alpha value is -0.540. The number of nitrogens with zero attached hydrogens (tertiary/aromatic N) is 1. The molecule has 0 saturated carbocycles. The minimum absolute atomic E-state index is 0.0112. The van der Waals surface area contributed by atoms with Crippen molar-refractivity contribution in [2.45, 2.75) is 140 Å². The van der Waals surface area contributed by atoms with Gasteiger partial charge in [-0.25, -0.2) is 0 Å². The Morgan fingerprint density at radius 1 is 0.833 bits per heavy atom. The molecule has 0 aromatic carbocycles. The molecule has 1 amide bonds. The van der Waals surface area contributed by atoms with Crippen molar-refractivity contribution in [3.63, 3.8) is 0 Å². The first-order valence-corrected chi connectivity index (χ1v) is 15.5. The molecule has 212 valence electrons. The molecule has 0 radical (unpaired) electrons. The van der Waals surface area contributed by atoms with Gasteiger partial charge in [0.15, 0.2) is 0 Å². The fourth-order valence-corrected chi connectivity index (χ4v) is 6.01. The summed E-state index contributed by atoms with van der Waals surface area (Å²) in [7, 11) is 0. The number of hydrogen-bond donors (Lipinski definition) is 2. The Morgan fingerprint density at radius 3 is 1.78 bits per heavy atom. The molecule has 0 aliphatic rings. The maximum atomic E-state index is 12.8. The summed E-state index contributed by atoms with van der Waals surface area (Å²) in [4.78, 5) is 30.0. The number of carboxylic acid groups (broad SMARTS) is 1. The summed E-state index contributed by atoms with van der Waals surface area (Å²) < 4.78 is -0.111. The van der Waals surface area contributed by atoms with Crippen LogP contribution in [-0.2, 0) is 14.4 Å². The number of rotatable bonds is 14. The van der Waals surface area contributed by atoms with E-state index < -0.39 is 16.8 Å². The van der Waals surface area contributed by atoms with Crippen LogP contribution in [0.1, 0.15) is 109 Å². The van der Waals surface area contributed by atoms with Crippen molar-refractivity contribution in [2.75, 3.05) is 11.5 Å². The summed E-state index contributed by atoms with van der Waals surface area (Å²) in [6.07, 6.45) is 1.60. The molecule has 0 aromatic rings. The zero-order valence-electron chi connectivity index (χ0n) is 25.0. The number of oxime groups is 1. The molecule has 0 aliphatic heterocycles. The van der Waals surface area contributed by atoms with Crippen LogP contribution in [0.25, 0.3) is 0 Å². The van der Waals surface area contributed by atoms with Crippen LogP contribution in [0.2, 0.25) is 0 Å². The van der Waals surface area contributed by atoms with Crippen LogP contribution >= 0.6 is 35.3 Å². The van der Waals surface area contributed by atoms with E-state index >= 15 is 0 Å². The minimum Gasteiger partial charge on any atom is -0.481 e. The van der Waals surface area contributed by atoms with E-state index in [-0.39, 0.29) is 32.2 Å². The number of carboxylic acids is 1. The lowest BCUT2D eigenvalue weighted by molar-refractivity contribution is -0.138. The number of nitrogens with one attached hydrogen (secondary N) is 1. The van der Waals surface area contributed by atoms with E-state index in [0.29, 0.717) is 0 Å². The Bertz CT molecular complexity index is 746.